The minimum atomic E-state index is -4.56. The van der Waals surface area contributed by atoms with Gasteiger partial charge in [-0.05, 0) is 37.6 Å². The summed E-state index contributed by atoms with van der Waals surface area (Å²) in [5, 5.41) is 0.360. The third-order valence-corrected chi connectivity index (χ3v) is 6.16. The van der Waals surface area contributed by atoms with Crippen LogP contribution in [0.3, 0.4) is 0 Å². The molecular formula is C22H19ClF4N4O2. The molecule has 4 heterocycles. The average Bonchev–Trinajstić information content (AvgIpc) is 3.22. The van der Waals surface area contributed by atoms with Crippen LogP contribution in [0.25, 0.3) is 22.2 Å². The summed E-state index contributed by atoms with van der Waals surface area (Å²) in [6.07, 6.45) is -5.94. The van der Waals surface area contributed by atoms with Crippen molar-refractivity contribution in [3.63, 3.8) is 0 Å². The summed E-state index contributed by atoms with van der Waals surface area (Å²) in [6, 6.07) is 5.47. The van der Waals surface area contributed by atoms with E-state index >= 15 is 0 Å². The zero-order chi connectivity index (χ0) is 23.5. The molecular weight excluding hydrogens is 464 g/mol. The molecule has 174 valence electrons. The molecule has 0 N–H and O–H groups in total. The van der Waals surface area contributed by atoms with E-state index in [1.165, 1.54) is 30.0 Å². The molecule has 0 spiro atoms. The van der Waals surface area contributed by atoms with Gasteiger partial charge in [0.25, 0.3) is 5.56 Å². The molecule has 2 atom stereocenters. The van der Waals surface area contributed by atoms with Gasteiger partial charge in [-0.1, -0.05) is 11.6 Å². The minimum absolute atomic E-state index is 0.0646. The lowest BCUT2D eigenvalue weighted by Gasteiger charge is -2.38. The summed E-state index contributed by atoms with van der Waals surface area (Å²) in [7, 11) is 0. The van der Waals surface area contributed by atoms with E-state index in [2.05, 4.69) is 9.97 Å². The Labute approximate surface area is 190 Å². The number of ether oxygens (including phenoxy) is 1. The monoisotopic (exact) mass is 482 g/mol. The predicted octanol–water partition coefficient (Wildman–Crippen LogP) is 4.35. The lowest BCUT2D eigenvalue weighted by atomic mass is 10.1. The van der Waals surface area contributed by atoms with Crippen LogP contribution in [0.1, 0.15) is 19.2 Å². The molecule has 1 aromatic carbocycles. The first kappa shape index (κ1) is 22.1. The van der Waals surface area contributed by atoms with Crippen molar-refractivity contribution >= 4 is 28.3 Å². The Hall–Kier alpha value is -2.72. The van der Waals surface area contributed by atoms with Gasteiger partial charge in [0.05, 0.1) is 18.0 Å². The van der Waals surface area contributed by atoms with Crippen molar-refractivity contribution < 1.29 is 22.3 Å². The zero-order valence-electron chi connectivity index (χ0n) is 17.5. The van der Waals surface area contributed by atoms with Crippen molar-refractivity contribution in [1.82, 2.24) is 14.5 Å². The van der Waals surface area contributed by atoms with Gasteiger partial charge in [-0.3, -0.25) is 9.36 Å². The maximum atomic E-state index is 14.9. The van der Waals surface area contributed by atoms with Crippen LogP contribution in [-0.4, -0.2) is 46.0 Å². The van der Waals surface area contributed by atoms with Crippen molar-refractivity contribution in [2.24, 2.45) is 0 Å². The smallest absolute Gasteiger partial charge is 0.362 e. The first-order chi connectivity index (χ1) is 15.6. The van der Waals surface area contributed by atoms with E-state index < -0.39 is 30.7 Å². The summed E-state index contributed by atoms with van der Waals surface area (Å²) < 4.78 is 61.7. The van der Waals surface area contributed by atoms with Crippen molar-refractivity contribution in [2.75, 3.05) is 18.0 Å². The fraction of sp³-hybridized carbons (Fsp3) is 0.409. The summed E-state index contributed by atoms with van der Waals surface area (Å²) in [6.45, 7) is 1.68. The zero-order valence-corrected chi connectivity index (χ0v) is 18.3. The molecule has 1 saturated heterocycles. The fourth-order valence-corrected chi connectivity index (χ4v) is 4.58. The highest BCUT2D eigenvalue weighted by Gasteiger charge is 2.45. The molecule has 1 fully saturated rings. The molecule has 3 aromatic rings. The lowest BCUT2D eigenvalue weighted by Crippen LogP contribution is -2.52. The number of hydrogen-bond donors (Lipinski definition) is 0. The van der Waals surface area contributed by atoms with Crippen LogP contribution >= 0.6 is 11.6 Å². The number of benzene rings is 1. The van der Waals surface area contributed by atoms with E-state index in [9.17, 15) is 22.4 Å². The summed E-state index contributed by atoms with van der Waals surface area (Å²) in [5.74, 6) is 0.0443. The van der Waals surface area contributed by atoms with Gasteiger partial charge in [0.1, 0.15) is 28.7 Å². The number of alkyl halides is 3. The van der Waals surface area contributed by atoms with Crippen LogP contribution in [0.4, 0.5) is 23.4 Å². The predicted molar refractivity (Wildman–Crippen MR) is 115 cm³/mol. The van der Waals surface area contributed by atoms with Gasteiger partial charge in [-0.15, -0.1) is 0 Å². The highest BCUT2D eigenvalue weighted by molar-refractivity contribution is 6.30. The second-order valence-electron chi connectivity index (χ2n) is 8.32. The number of pyridine rings is 1. The molecule has 6 nitrogen and oxygen atoms in total. The van der Waals surface area contributed by atoms with E-state index in [0.717, 1.165) is 12.5 Å². The van der Waals surface area contributed by atoms with Gasteiger partial charge < -0.3 is 9.64 Å². The Bertz CT molecular complexity index is 1310. The Kier molecular flexibility index (Phi) is 5.32. The summed E-state index contributed by atoms with van der Waals surface area (Å²) in [5.41, 5.74) is 0.0498. The van der Waals surface area contributed by atoms with E-state index in [0.29, 0.717) is 18.8 Å². The van der Waals surface area contributed by atoms with E-state index in [1.54, 1.807) is 4.57 Å². The standard InChI is InChI=1S/C22H19ClF4N4O2/c1-11-9-30(10-16(33-11)22(25,26)27)18-8-14-20(28-17-3-2-6-31(17)21(14)32)19(29-18)13-5-4-12(23)7-15(13)24/h4-5,7-8,11,16H,2-3,6,9-10H2,1H3/t11-,16-/m1/s1. The number of aryl methyl sites for hydroxylation is 1. The molecule has 0 aliphatic carbocycles. The number of fused-ring (bicyclic) bond motifs is 2. The SMILES string of the molecule is C[C@@H]1CN(c2cc3c(=O)n4c(nc3c(-c3ccc(Cl)cc3F)n2)CCC4)C[C@H](C(F)(F)F)O1. The van der Waals surface area contributed by atoms with Gasteiger partial charge >= 0.3 is 6.18 Å². The second-order valence-corrected chi connectivity index (χ2v) is 8.76. The largest absolute Gasteiger partial charge is 0.416 e. The number of nitrogens with zero attached hydrogens (tertiary/aromatic N) is 4. The molecule has 0 unspecified atom stereocenters. The normalized spacial score (nSPS) is 21.0. The fourth-order valence-electron chi connectivity index (χ4n) is 4.42. The number of morpholine rings is 1. The molecule has 0 radical (unpaired) electrons. The van der Waals surface area contributed by atoms with Gasteiger partial charge in [0.2, 0.25) is 0 Å². The summed E-state index contributed by atoms with van der Waals surface area (Å²) >= 11 is 5.89. The highest BCUT2D eigenvalue weighted by Crippen LogP contribution is 2.34. The van der Waals surface area contributed by atoms with Crippen molar-refractivity contribution in [3.8, 4) is 11.3 Å². The Balaban J connectivity index is 1.73. The Morgan fingerprint density at radius 2 is 1.97 bits per heavy atom. The molecule has 2 aromatic heterocycles. The molecule has 33 heavy (non-hydrogen) atoms. The summed E-state index contributed by atoms with van der Waals surface area (Å²) in [4.78, 5) is 23.7. The molecule has 5 rings (SSSR count). The molecule has 0 bridgehead atoms. The molecule has 0 saturated carbocycles. The first-order valence-corrected chi connectivity index (χ1v) is 10.9. The average molecular weight is 483 g/mol. The van der Waals surface area contributed by atoms with Gasteiger partial charge in [-0.25, -0.2) is 14.4 Å². The third-order valence-electron chi connectivity index (χ3n) is 5.92. The van der Waals surface area contributed by atoms with E-state index in [4.69, 9.17) is 16.3 Å². The van der Waals surface area contributed by atoms with Crippen molar-refractivity contribution in [2.45, 2.75) is 44.7 Å². The van der Waals surface area contributed by atoms with Crippen LogP contribution in [0.5, 0.6) is 0 Å². The van der Waals surface area contributed by atoms with Crippen LogP contribution in [0.15, 0.2) is 29.1 Å². The van der Waals surface area contributed by atoms with Crippen LogP contribution in [0.2, 0.25) is 5.02 Å². The second kappa shape index (κ2) is 7.95. The Morgan fingerprint density at radius 3 is 2.70 bits per heavy atom. The van der Waals surface area contributed by atoms with Gasteiger partial charge in [0.15, 0.2) is 6.10 Å². The lowest BCUT2D eigenvalue weighted by molar-refractivity contribution is -0.233. The number of halogens is 5. The highest BCUT2D eigenvalue weighted by atomic mass is 35.5. The number of anilines is 1. The maximum Gasteiger partial charge on any atom is 0.416 e. The van der Waals surface area contributed by atoms with Crippen molar-refractivity contribution in [1.29, 1.82) is 0 Å². The van der Waals surface area contributed by atoms with E-state index in [1.807, 2.05) is 0 Å². The molecule has 2 aliphatic rings. The van der Waals surface area contributed by atoms with Gasteiger partial charge in [0, 0.05) is 30.1 Å². The van der Waals surface area contributed by atoms with Crippen molar-refractivity contribution in [3.05, 3.63) is 51.3 Å². The number of hydrogen-bond acceptors (Lipinski definition) is 5. The van der Waals surface area contributed by atoms with Crippen LogP contribution < -0.4 is 10.5 Å². The quantitative estimate of drug-likeness (QED) is 0.508. The number of aromatic nitrogens is 3. The number of rotatable bonds is 2. The first-order valence-electron chi connectivity index (χ1n) is 10.5. The van der Waals surface area contributed by atoms with Gasteiger partial charge in [-0.2, -0.15) is 13.2 Å². The van der Waals surface area contributed by atoms with Crippen LogP contribution in [-0.2, 0) is 17.7 Å². The topological polar surface area (TPSA) is 60.2 Å². The Morgan fingerprint density at radius 1 is 1.18 bits per heavy atom. The molecule has 11 heteroatoms. The molecule has 2 aliphatic heterocycles. The van der Waals surface area contributed by atoms with E-state index in [-0.39, 0.29) is 45.1 Å². The molecule has 0 amide bonds. The van der Waals surface area contributed by atoms with Crippen LogP contribution in [0, 0.1) is 5.82 Å². The minimum Gasteiger partial charge on any atom is -0.362 e. The third kappa shape index (κ3) is 3.95. The maximum absolute atomic E-state index is 14.9.